The minimum absolute atomic E-state index is 0.177. The summed E-state index contributed by atoms with van der Waals surface area (Å²) in [6.45, 7) is 0. The van der Waals surface area contributed by atoms with Gasteiger partial charge in [-0.25, -0.2) is 0 Å². The van der Waals surface area contributed by atoms with E-state index < -0.39 is 17.5 Å². The molecule has 110 valence electrons. The predicted molar refractivity (Wildman–Crippen MR) is 75.9 cm³/mol. The van der Waals surface area contributed by atoms with Crippen molar-refractivity contribution < 1.29 is 18.0 Å². The third-order valence-corrected chi connectivity index (χ3v) is 3.62. The number of rotatable bonds is 3. The third-order valence-electron chi connectivity index (χ3n) is 2.88. The lowest BCUT2D eigenvalue weighted by molar-refractivity contribution is -0.137. The number of benzene rings is 2. The van der Waals surface area contributed by atoms with E-state index in [1.54, 1.807) is 6.07 Å². The molecule has 6 heteroatoms. The van der Waals surface area contributed by atoms with Crippen LogP contribution in [0.25, 0.3) is 0 Å². The molecule has 0 amide bonds. The van der Waals surface area contributed by atoms with E-state index >= 15 is 0 Å². The van der Waals surface area contributed by atoms with Gasteiger partial charge in [0.2, 0.25) is 0 Å². The second-order valence-corrected chi connectivity index (χ2v) is 5.21. The fraction of sp³-hybridized carbons (Fsp3) is 0.133. The summed E-state index contributed by atoms with van der Waals surface area (Å²) in [5.74, 6) is -0.624. The first-order chi connectivity index (χ1) is 9.79. The molecule has 0 heterocycles. The van der Waals surface area contributed by atoms with Crippen molar-refractivity contribution in [3.05, 3.63) is 69.2 Å². The standard InChI is InChI=1S/C15H9Cl2F3O/c16-12-6-5-9(7-13(12)17)8-14(21)10-3-1-2-4-11(10)15(18,19)20/h1-7H,8H2. The summed E-state index contributed by atoms with van der Waals surface area (Å²) in [5.41, 5.74) is -0.780. The number of Topliss-reactive ketones (excluding diaryl/α,β-unsaturated/α-hetero) is 1. The largest absolute Gasteiger partial charge is 0.417 e. The van der Waals surface area contributed by atoms with Gasteiger partial charge < -0.3 is 0 Å². The molecular weight excluding hydrogens is 324 g/mol. The van der Waals surface area contributed by atoms with Gasteiger partial charge >= 0.3 is 6.18 Å². The van der Waals surface area contributed by atoms with Crippen LogP contribution >= 0.6 is 23.2 Å². The molecule has 0 aliphatic carbocycles. The van der Waals surface area contributed by atoms with E-state index in [1.165, 1.54) is 30.3 Å². The summed E-state index contributed by atoms with van der Waals surface area (Å²) in [7, 11) is 0. The van der Waals surface area contributed by atoms with E-state index in [0.717, 1.165) is 6.07 Å². The summed E-state index contributed by atoms with van der Waals surface area (Å²) >= 11 is 11.6. The van der Waals surface area contributed by atoms with Crippen LogP contribution < -0.4 is 0 Å². The molecule has 0 unspecified atom stereocenters. The zero-order valence-electron chi connectivity index (χ0n) is 10.5. The predicted octanol–water partition coefficient (Wildman–Crippen LogP) is 5.44. The van der Waals surface area contributed by atoms with Gasteiger partial charge in [-0.3, -0.25) is 4.79 Å². The monoisotopic (exact) mass is 332 g/mol. The Morgan fingerprint density at radius 2 is 1.67 bits per heavy atom. The number of hydrogen-bond donors (Lipinski definition) is 0. The van der Waals surface area contributed by atoms with E-state index in [1.807, 2.05) is 0 Å². The van der Waals surface area contributed by atoms with Crippen molar-refractivity contribution in [1.29, 1.82) is 0 Å². The normalized spacial score (nSPS) is 11.5. The maximum Gasteiger partial charge on any atom is 0.417 e. The molecule has 2 aromatic rings. The Kier molecular flexibility index (Phi) is 4.59. The van der Waals surface area contributed by atoms with Gasteiger partial charge in [0.15, 0.2) is 5.78 Å². The Balaban J connectivity index is 2.31. The van der Waals surface area contributed by atoms with Crippen LogP contribution in [0.2, 0.25) is 10.0 Å². The van der Waals surface area contributed by atoms with Crippen molar-refractivity contribution in [3.8, 4) is 0 Å². The third kappa shape index (κ3) is 3.77. The Morgan fingerprint density at radius 1 is 1.00 bits per heavy atom. The highest BCUT2D eigenvalue weighted by Crippen LogP contribution is 2.32. The maximum atomic E-state index is 12.9. The van der Waals surface area contributed by atoms with Crippen LogP contribution in [-0.4, -0.2) is 5.78 Å². The quantitative estimate of drug-likeness (QED) is 0.684. The summed E-state index contributed by atoms with van der Waals surface area (Å²) in [6, 6.07) is 9.24. The molecule has 0 atom stereocenters. The second-order valence-electron chi connectivity index (χ2n) is 4.39. The average molecular weight is 333 g/mol. The molecule has 21 heavy (non-hydrogen) atoms. The van der Waals surface area contributed by atoms with Crippen molar-refractivity contribution in [3.63, 3.8) is 0 Å². The fourth-order valence-corrected chi connectivity index (χ4v) is 2.22. The molecule has 0 bridgehead atoms. The van der Waals surface area contributed by atoms with Crippen LogP contribution in [-0.2, 0) is 12.6 Å². The van der Waals surface area contributed by atoms with Gasteiger partial charge in [-0.05, 0) is 23.8 Å². The van der Waals surface area contributed by atoms with Crippen LogP contribution in [0.3, 0.4) is 0 Å². The molecule has 2 aromatic carbocycles. The molecular formula is C15H9Cl2F3O. The van der Waals surface area contributed by atoms with Crippen LogP contribution in [0.1, 0.15) is 21.5 Å². The number of carbonyl (C=O) groups is 1. The van der Waals surface area contributed by atoms with Crippen LogP contribution in [0.4, 0.5) is 13.2 Å². The molecule has 0 fully saturated rings. The molecule has 0 spiro atoms. The van der Waals surface area contributed by atoms with Crippen molar-refractivity contribution in [2.75, 3.05) is 0 Å². The topological polar surface area (TPSA) is 17.1 Å². The second kappa shape index (κ2) is 6.08. The Hall–Kier alpha value is -1.52. The van der Waals surface area contributed by atoms with Crippen molar-refractivity contribution in [1.82, 2.24) is 0 Å². The molecule has 1 nitrogen and oxygen atoms in total. The smallest absolute Gasteiger partial charge is 0.294 e. The Morgan fingerprint density at radius 3 is 2.29 bits per heavy atom. The van der Waals surface area contributed by atoms with E-state index in [9.17, 15) is 18.0 Å². The van der Waals surface area contributed by atoms with Crippen molar-refractivity contribution >= 4 is 29.0 Å². The first kappa shape index (κ1) is 15.9. The molecule has 0 radical (unpaired) electrons. The van der Waals surface area contributed by atoms with Gasteiger partial charge in [-0.1, -0.05) is 47.5 Å². The molecule has 0 saturated carbocycles. The summed E-state index contributed by atoms with van der Waals surface area (Å²) in [6.07, 6.45) is -4.74. The minimum atomic E-state index is -4.57. The van der Waals surface area contributed by atoms with Gasteiger partial charge in [-0.2, -0.15) is 13.2 Å². The van der Waals surface area contributed by atoms with Crippen molar-refractivity contribution in [2.24, 2.45) is 0 Å². The minimum Gasteiger partial charge on any atom is -0.294 e. The highest BCUT2D eigenvalue weighted by atomic mass is 35.5. The summed E-state index contributed by atoms with van der Waals surface area (Å²) in [5, 5.41) is 0.578. The first-order valence-corrected chi connectivity index (χ1v) is 6.68. The van der Waals surface area contributed by atoms with Gasteiger partial charge in [0.1, 0.15) is 0 Å². The fourth-order valence-electron chi connectivity index (χ4n) is 1.90. The molecule has 2 rings (SSSR count). The van der Waals surface area contributed by atoms with Gasteiger partial charge in [0.05, 0.1) is 15.6 Å². The van der Waals surface area contributed by atoms with Crippen molar-refractivity contribution in [2.45, 2.75) is 12.6 Å². The highest BCUT2D eigenvalue weighted by Gasteiger charge is 2.34. The Labute approximate surface area is 129 Å². The first-order valence-electron chi connectivity index (χ1n) is 5.92. The van der Waals surface area contributed by atoms with Gasteiger partial charge in [0.25, 0.3) is 0 Å². The molecule has 0 aromatic heterocycles. The molecule has 0 saturated heterocycles. The number of carbonyl (C=O) groups excluding carboxylic acids is 1. The molecule has 0 N–H and O–H groups in total. The van der Waals surface area contributed by atoms with Crippen LogP contribution in [0, 0.1) is 0 Å². The maximum absolute atomic E-state index is 12.9. The average Bonchev–Trinajstić information content (AvgIpc) is 2.42. The zero-order valence-corrected chi connectivity index (χ0v) is 12.1. The number of ketones is 1. The SMILES string of the molecule is O=C(Cc1ccc(Cl)c(Cl)c1)c1ccccc1C(F)(F)F. The van der Waals surface area contributed by atoms with E-state index in [-0.39, 0.29) is 17.0 Å². The molecule has 0 aliphatic heterocycles. The van der Waals surface area contributed by atoms with Gasteiger partial charge in [-0.15, -0.1) is 0 Å². The lowest BCUT2D eigenvalue weighted by Crippen LogP contribution is -2.14. The summed E-state index contributed by atoms with van der Waals surface area (Å²) in [4.78, 5) is 12.1. The van der Waals surface area contributed by atoms with Crippen LogP contribution in [0.5, 0.6) is 0 Å². The number of hydrogen-bond acceptors (Lipinski definition) is 1. The number of alkyl halides is 3. The number of halogens is 5. The van der Waals surface area contributed by atoms with E-state index in [4.69, 9.17) is 23.2 Å². The van der Waals surface area contributed by atoms with E-state index in [2.05, 4.69) is 0 Å². The van der Waals surface area contributed by atoms with Crippen LogP contribution in [0.15, 0.2) is 42.5 Å². The van der Waals surface area contributed by atoms with Gasteiger partial charge in [0, 0.05) is 12.0 Å². The van der Waals surface area contributed by atoms with E-state index in [0.29, 0.717) is 10.6 Å². The zero-order chi connectivity index (χ0) is 15.6. The Bertz CT molecular complexity index is 681. The summed E-state index contributed by atoms with van der Waals surface area (Å²) < 4.78 is 38.6. The highest BCUT2D eigenvalue weighted by molar-refractivity contribution is 6.42. The lowest BCUT2D eigenvalue weighted by Gasteiger charge is -2.12. The lowest BCUT2D eigenvalue weighted by atomic mass is 9.98. The molecule has 0 aliphatic rings.